The number of carbonyl (C=O) groups excluding carboxylic acids is 1. The third-order valence-corrected chi connectivity index (χ3v) is 4.39. The molecule has 0 bridgehead atoms. The molecule has 1 aliphatic rings. The Hall–Kier alpha value is -2.01. The number of aryl methyl sites for hydroxylation is 2. The zero-order chi connectivity index (χ0) is 15.7. The summed E-state index contributed by atoms with van der Waals surface area (Å²) in [7, 11) is 2.12. The molecule has 1 fully saturated rings. The monoisotopic (exact) mass is 298 g/mol. The summed E-state index contributed by atoms with van der Waals surface area (Å²) in [6.45, 7) is 5.95. The van der Waals surface area contributed by atoms with Crippen LogP contribution < -0.4 is 5.32 Å². The van der Waals surface area contributed by atoms with Crippen LogP contribution in [0.15, 0.2) is 18.2 Å². The molecule has 1 aromatic heterocycles. The summed E-state index contributed by atoms with van der Waals surface area (Å²) in [4.78, 5) is 23.7. The van der Waals surface area contributed by atoms with Crippen LogP contribution in [-0.2, 0) is 0 Å². The first-order valence-corrected chi connectivity index (χ1v) is 7.77. The van der Waals surface area contributed by atoms with Gasteiger partial charge in [-0.2, -0.15) is 0 Å². The highest BCUT2D eigenvalue weighted by Gasteiger charge is 2.19. The number of nitrogens with one attached hydrogen (secondary N) is 1. The van der Waals surface area contributed by atoms with E-state index < -0.39 is 0 Å². The van der Waals surface area contributed by atoms with Crippen molar-refractivity contribution in [1.82, 2.24) is 20.2 Å². The quantitative estimate of drug-likeness (QED) is 0.922. The number of fused-ring (bicyclic) bond motifs is 1. The van der Waals surface area contributed by atoms with Crippen LogP contribution >= 0.6 is 0 Å². The van der Waals surface area contributed by atoms with Crippen LogP contribution in [-0.4, -0.2) is 47.0 Å². The zero-order valence-corrected chi connectivity index (χ0v) is 13.4. The maximum atomic E-state index is 12.4. The maximum absolute atomic E-state index is 12.4. The fourth-order valence-electron chi connectivity index (χ4n) is 2.79. The average Bonchev–Trinajstić information content (AvgIpc) is 2.50. The fourth-order valence-corrected chi connectivity index (χ4v) is 2.79. The second-order valence-corrected chi connectivity index (χ2v) is 6.15. The number of carbonyl (C=O) groups is 1. The third kappa shape index (κ3) is 3.09. The molecule has 0 atom stereocenters. The number of rotatable bonds is 2. The van der Waals surface area contributed by atoms with Crippen LogP contribution in [0, 0.1) is 13.8 Å². The number of hydrogen-bond donors (Lipinski definition) is 1. The molecule has 3 rings (SSSR count). The van der Waals surface area contributed by atoms with Crippen molar-refractivity contribution in [2.75, 3.05) is 20.1 Å². The first-order chi connectivity index (χ1) is 10.5. The molecule has 2 heterocycles. The van der Waals surface area contributed by atoms with Gasteiger partial charge in [0.25, 0.3) is 5.91 Å². The SMILES string of the molecule is Cc1nc2ccc(C(=O)NC3CCN(C)CC3)cc2nc1C. The van der Waals surface area contributed by atoms with Gasteiger partial charge in [0.1, 0.15) is 0 Å². The van der Waals surface area contributed by atoms with Gasteiger partial charge < -0.3 is 10.2 Å². The molecular formula is C17H22N4O. The lowest BCUT2D eigenvalue weighted by atomic mass is 10.0. The third-order valence-electron chi connectivity index (χ3n) is 4.39. The molecule has 2 aromatic rings. The van der Waals surface area contributed by atoms with Crippen LogP contribution in [0.5, 0.6) is 0 Å². The highest BCUT2D eigenvalue weighted by atomic mass is 16.1. The molecule has 0 spiro atoms. The van der Waals surface area contributed by atoms with Gasteiger partial charge >= 0.3 is 0 Å². The Labute approximate surface area is 130 Å². The lowest BCUT2D eigenvalue weighted by Crippen LogP contribution is -2.43. The Morgan fingerprint density at radius 1 is 1.14 bits per heavy atom. The Kier molecular flexibility index (Phi) is 4.07. The lowest BCUT2D eigenvalue weighted by molar-refractivity contribution is 0.0917. The van der Waals surface area contributed by atoms with Gasteiger partial charge in [0.2, 0.25) is 0 Å². The summed E-state index contributed by atoms with van der Waals surface area (Å²) in [5, 5.41) is 3.13. The van der Waals surface area contributed by atoms with Gasteiger partial charge in [-0.1, -0.05) is 0 Å². The molecule has 1 saturated heterocycles. The van der Waals surface area contributed by atoms with Crippen molar-refractivity contribution in [2.45, 2.75) is 32.7 Å². The Balaban J connectivity index is 1.77. The standard InChI is InChI=1S/C17H22N4O/c1-11-12(2)19-16-10-13(4-5-15(16)18-11)17(22)20-14-6-8-21(3)9-7-14/h4-5,10,14H,6-9H2,1-3H3,(H,20,22). The smallest absolute Gasteiger partial charge is 0.251 e. The summed E-state index contributed by atoms with van der Waals surface area (Å²) >= 11 is 0. The highest BCUT2D eigenvalue weighted by Crippen LogP contribution is 2.15. The van der Waals surface area contributed by atoms with E-state index in [9.17, 15) is 4.79 Å². The van der Waals surface area contributed by atoms with Crippen molar-refractivity contribution < 1.29 is 4.79 Å². The van der Waals surface area contributed by atoms with Crippen molar-refractivity contribution in [3.8, 4) is 0 Å². The van der Waals surface area contributed by atoms with E-state index in [-0.39, 0.29) is 11.9 Å². The van der Waals surface area contributed by atoms with E-state index >= 15 is 0 Å². The predicted molar refractivity (Wildman–Crippen MR) is 87.0 cm³/mol. The molecule has 1 N–H and O–H groups in total. The van der Waals surface area contributed by atoms with Crippen molar-refractivity contribution in [3.05, 3.63) is 35.2 Å². The second kappa shape index (κ2) is 6.01. The lowest BCUT2D eigenvalue weighted by Gasteiger charge is -2.29. The highest BCUT2D eigenvalue weighted by molar-refractivity contribution is 5.97. The Morgan fingerprint density at radius 3 is 2.45 bits per heavy atom. The minimum absolute atomic E-state index is 0.0171. The first kappa shape index (κ1) is 14.9. The van der Waals surface area contributed by atoms with E-state index in [0.29, 0.717) is 5.56 Å². The normalized spacial score (nSPS) is 16.9. The Bertz CT molecular complexity index is 705. The molecule has 116 valence electrons. The molecular weight excluding hydrogens is 276 g/mol. The van der Waals surface area contributed by atoms with Crippen LogP contribution in [0.2, 0.25) is 0 Å². The van der Waals surface area contributed by atoms with E-state index in [1.165, 1.54) is 0 Å². The molecule has 0 unspecified atom stereocenters. The van der Waals surface area contributed by atoms with Crippen molar-refractivity contribution in [2.24, 2.45) is 0 Å². The minimum atomic E-state index is -0.0171. The number of benzene rings is 1. The predicted octanol–water partition coefficient (Wildman–Crippen LogP) is 2.07. The summed E-state index contributed by atoms with van der Waals surface area (Å²) in [5.41, 5.74) is 4.10. The first-order valence-electron chi connectivity index (χ1n) is 7.77. The number of amides is 1. The largest absolute Gasteiger partial charge is 0.349 e. The van der Waals surface area contributed by atoms with Crippen molar-refractivity contribution in [1.29, 1.82) is 0 Å². The molecule has 22 heavy (non-hydrogen) atoms. The molecule has 1 aromatic carbocycles. The molecule has 0 radical (unpaired) electrons. The van der Waals surface area contributed by atoms with E-state index in [1.54, 1.807) is 0 Å². The fraction of sp³-hybridized carbons (Fsp3) is 0.471. The zero-order valence-electron chi connectivity index (χ0n) is 13.4. The van der Waals surface area contributed by atoms with Crippen LogP contribution in [0.3, 0.4) is 0 Å². The second-order valence-electron chi connectivity index (χ2n) is 6.15. The van der Waals surface area contributed by atoms with E-state index in [1.807, 2.05) is 32.0 Å². The number of hydrogen-bond acceptors (Lipinski definition) is 4. The van der Waals surface area contributed by atoms with Crippen molar-refractivity contribution in [3.63, 3.8) is 0 Å². The van der Waals surface area contributed by atoms with Gasteiger partial charge in [0.05, 0.1) is 22.4 Å². The van der Waals surface area contributed by atoms with Crippen LogP contribution in [0.25, 0.3) is 11.0 Å². The topological polar surface area (TPSA) is 58.1 Å². The molecule has 0 aliphatic carbocycles. The minimum Gasteiger partial charge on any atom is -0.349 e. The maximum Gasteiger partial charge on any atom is 0.251 e. The van der Waals surface area contributed by atoms with Crippen LogP contribution in [0.1, 0.15) is 34.6 Å². The molecule has 1 aliphatic heterocycles. The Morgan fingerprint density at radius 2 is 1.77 bits per heavy atom. The van der Waals surface area contributed by atoms with Crippen LogP contribution in [0.4, 0.5) is 0 Å². The molecule has 5 heteroatoms. The van der Waals surface area contributed by atoms with E-state index in [4.69, 9.17) is 0 Å². The van der Waals surface area contributed by atoms with E-state index in [0.717, 1.165) is 48.4 Å². The average molecular weight is 298 g/mol. The molecule has 1 amide bonds. The van der Waals surface area contributed by atoms with Crippen molar-refractivity contribution >= 4 is 16.9 Å². The number of aromatic nitrogens is 2. The number of nitrogens with zero attached hydrogens (tertiary/aromatic N) is 3. The summed E-state index contributed by atoms with van der Waals surface area (Å²) in [6, 6.07) is 5.80. The van der Waals surface area contributed by atoms with Gasteiger partial charge in [-0.05, 0) is 65.0 Å². The van der Waals surface area contributed by atoms with Gasteiger partial charge in [-0.3, -0.25) is 4.79 Å². The molecule has 5 nitrogen and oxygen atoms in total. The van der Waals surface area contributed by atoms with Gasteiger partial charge in [0.15, 0.2) is 0 Å². The summed E-state index contributed by atoms with van der Waals surface area (Å²) < 4.78 is 0. The van der Waals surface area contributed by atoms with Gasteiger partial charge in [-0.25, -0.2) is 9.97 Å². The van der Waals surface area contributed by atoms with Gasteiger partial charge in [0, 0.05) is 11.6 Å². The summed E-state index contributed by atoms with van der Waals surface area (Å²) in [6.07, 6.45) is 2.02. The van der Waals surface area contributed by atoms with Gasteiger partial charge in [-0.15, -0.1) is 0 Å². The number of piperidine rings is 1. The van der Waals surface area contributed by atoms with E-state index in [2.05, 4.69) is 27.2 Å². The molecule has 0 saturated carbocycles. The summed E-state index contributed by atoms with van der Waals surface area (Å²) in [5.74, 6) is -0.0171. The number of likely N-dealkylation sites (tertiary alicyclic amines) is 1.